The lowest BCUT2D eigenvalue weighted by Crippen LogP contribution is -2.01. The van der Waals surface area contributed by atoms with E-state index in [-0.39, 0.29) is 16.3 Å². The van der Waals surface area contributed by atoms with Crippen LogP contribution in [0.25, 0.3) is 15.3 Å². The molecule has 0 unspecified atom stereocenters. The average Bonchev–Trinajstić information content (AvgIpc) is 2.99. The Morgan fingerprint density at radius 2 is 2.19 bits per heavy atom. The topological polar surface area (TPSA) is 135 Å². The van der Waals surface area contributed by atoms with Crippen LogP contribution < -0.4 is 5.73 Å². The fourth-order valence-corrected chi connectivity index (χ4v) is 3.30. The summed E-state index contributed by atoms with van der Waals surface area (Å²) in [4.78, 5) is 4.06. The van der Waals surface area contributed by atoms with E-state index in [1.165, 1.54) is 29.1 Å². The summed E-state index contributed by atoms with van der Waals surface area (Å²) in [5.74, 6) is 0.159. The SMILES string of the molecule is N#Cc1cnn(-c2nc3ccc(S(=O)(=O)O)cc3s2)c1N. The van der Waals surface area contributed by atoms with Crippen molar-refractivity contribution in [2.45, 2.75) is 4.90 Å². The molecule has 3 aromatic rings. The van der Waals surface area contributed by atoms with Crippen molar-refractivity contribution in [1.29, 1.82) is 5.26 Å². The van der Waals surface area contributed by atoms with Gasteiger partial charge in [-0.1, -0.05) is 11.3 Å². The van der Waals surface area contributed by atoms with E-state index in [0.29, 0.717) is 15.3 Å². The first kappa shape index (κ1) is 13.5. The van der Waals surface area contributed by atoms with Crippen LogP contribution in [0.1, 0.15) is 5.56 Å². The summed E-state index contributed by atoms with van der Waals surface area (Å²) in [5, 5.41) is 13.2. The lowest BCUT2D eigenvalue weighted by atomic mass is 10.3. The van der Waals surface area contributed by atoms with E-state index in [9.17, 15) is 8.42 Å². The van der Waals surface area contributed by atoms with Crippen molar-refractivity contribution < 1.29 is 13.0 Å². The fraction of sp³-hybridized carbons (Fsp3) is 0. The molecule has 0 radical (unpaired) electrons. The number of nitrogens with zero attached hydrogens (tertiary/aromatic N) is 4. The van der Waals surface area contributed by atoms with Crippen molar-refractivity contribution in [1.82, 2.24) is 14.8 Å². The first-order chi connectivity index (χ1) is 9.90. The second-order valence-electron chi connectivity index (χ2n) is 4.07. The maximum absolute atomic E-state index is 11.1. The minimum atomic E-state index is -4.27. The molecule has 2 heterocycles. The van der Waals surface area contributed by atoms with Gasteiger partial charge in [0.05, 0.1) is 21.3 Å². The molecule has 3 N–H and O–H groups in total. The predicted octanol–water partition coefficient (Wildman–Crippen LogP) is 1.18. The van der Waals surface area contributed by atoms with Crippen molar-refractivity contribution in [3.05, 3.63) is 30.0 Å². The normalized spacial score (nSPS) is 11.6. The minimum Gasteiger partial charge on any atom is -0.382 e. The molecule has 8 nitrogen and oxygen atoms in total. The molecule has 0 fully saturated rings. The van der Waals surface area contributed by atoms with Crippen LogP contribution in [0.15, 0.2) is 29.3 Å². The van der Waals surface area contributed by atoms with Gasteiger partial charge in [0.2, 0.25) is 5.13 Å². The molecule has 1 aromatic carbocycles. The van der Waals surface area contributed by atoms with Gasteiger partial charge in [-0.3, -0.25) is 4.55 Å². The monoisotopic (exact) mass is 321 g/mol. The van der Waals surface area contributed by atoms with Gasteiger partial charge in [-0.05, 0) is 18.2 Å². The number of nitrogen functional groups attached to an aromatic ring is 1. The van der Waals surface area contributed by atoms with Crippen LogP contribution in [0, 0.1) is 11.3 Å². The van der Waals surface area contributed by atoms with Gasteiger partial charge in [0.15, 0.2) is 0 Å². The average molecular weight is 321 g/mol. The Bertz CT molecular complexity index is 997. The summed E-state index contributed by atoms with van der Waals surface area (Å²) in [6, 6.07) is 5.95. The quantitative estimate of drug-likeness (QED) is 0.676. The third-order valence-electron chi connectivity index (χ3n) is 2.75. The number of rotatable bonds is 2. The van der Waals surface area contributed by atoms with E-state index in [1.54, 1.807) is 0 Å². The van der Waals surface area contributed by atoms with Gasteiger partial charge >= 0.3 is 0 Å². The molecule has 0 aliphatic rings. The first-order valence-corrected chi connectivity index (χ1v) is 7.78. The molecular weight excluding hydrogens is 314 g/mol. The zero-order valence-corrected chi connectivity index (χ0v) is 11.9. The van der Waals surface area contributed by atoms with E-state index in [1.807, 2.05) is 6.07 Å². The lowest BCUT2D eigenvalue weighted by Gasteiger charge is -1.96. The molecule has 0 amide bonds. The summed E-state index contributed by atoms with van der Waals surface area (Å²) < 4.78 is 33.1. The van der Waals surface area contributed by atoms with Gasteiger partial charge < -0.3 is 5.73 Å². The van der Waals surface area contributed by atoms with Crippen molar-refractivity contribution in [3.8, 4) is 11.2 Å². The van der Waals surface area contributed by atoms with Crippen LogP contribution in [0.2, 0.25) is 0 Å². The molecule has 2 aromatic heterocycles. The molecule has 0 aliphatic heterocycles. The summed E-state index contributed by atoms with van der Waals surface area (Å²) in [7, 11) is -4.27. The molecule has 0 saturated heterocycles. The second-order valence-corrected chi connectivity index (χ2v) is 6.50. The summed E-state index contributed by atoms with van der Waals surface area (Å²) >= 11 is 1.14. The zero-order chi connectivity index (χ0) is 15.2. The molecule has 0 saturated carbocycles. The Morgan fingerprint density at radius 3 is 2.81 bits per heavy atom. The van der Waals surface area contributed by atoms with E-state index in [4.69, 9.17) is 15.5 Å². The molecule has 0 atom stereocenters. The predicted molar refractivity (Wildman–Crippen MR) is 75.7 cm³/mol. The number of thiazole rings is 1. The summed E-state index contributed by atoms with van der Waals surface area (Å²) in [6.07, 6.45) is 1.32. The molecule has 0 aliphatic carbocycles. The van der Waals surface area contributed by atoms with Crippen molar-refractivity contribution >= 4 is 37.5 Å². The lowest BCUT2D eigenvalue weighted by molar-refractivity contribution is 0.483. The maximum Gasteiger partial charge on any atom is 0.294 e. The Balaban J connectivity index is 2.18. The van der Waals surface area contributed by atoms with Crippen LogP contribution >= 0.6 is 11.3 Å². The van der Waals surface area contributed by atoms with Crippen LogP contribution in [0.5, 0.6) is 0 Å². The number of hydrogen-bond acceptors (Lipinski definition) is 7. The second kappa shape index (κ2) is 4.52. The van der Waals surface area contributed by atoms with Crippen molar-refractivity contribution in [3.63, 3.8) is 0 Å². The van der Waals surface area contributed by atoms with Crippen LogP contribution in [-0.4, -0.2) is 27.7 Å². The molecule has 3 rings (SSSR count). The minimum absolute atomic E-state index is 0.159. The highest BCUT2D eigenvalue weighted by molar-refractivity contribution is 7.85. The summed E-state index contributed by atoms with van der Waals surface area (Å²) in [6.45, 7) is 0. The molecular formula is C11H7N5O3S2. The van der Waals surface area contributed by atoms with E-state index in [2.05, 4.69) is 10.1 Å². The highest BCUT2D eigenvalue weighted by Gasteiger charge is 2.15. The Kier molecular flexibility index (Phi) is 2.91. The largest absolute Gasteiger partial charge is 0.382 e. The smallest absolute Gasteiger partial charge is 0.294 e. The van der Waals surface area contributed by atoms with E-state index < -0.39 is 10.1 Å². The van der Waals surface area contributed by atoms with Gasteiger partial charge in [0.1, 0.15) is 17.5 Å². The number of aromatic nitrogens is 3. The Hall–Kier alpha value is -2.48. The van der Waals surface area contributed by atoms with E-state index in [0.717, 1.165) is 11.3 Å². The van der Waals surface area contributed by atoms with Gasteiger partial charge in [0, 0.05) is 0 Å². The number of nitriles is 1. The Morgan fingerprint density at radius 1 is 1.43 bits per heavy atom. The van der Waals surface area contributed by atoms with Gasteiger partial charge in [-0.15, -0.1) is 0 Å². The molecule has 0 spiro atoms. The maximum atomic E-state index is 11.1. The Labute approximate surface area is 122 Å². The first-order valence-electron chi connectivity index (χ1n) is 5.52. The highest BCUT2D eigenvalue weighted by atomic mass is 32.2. The van der Waals surface area contributed by atoms with Gasteiger partial charge in [-0.2, -0.15) is 23.5 Å². The standard InChI is InChI=1S/C11H7N5O3S2/c12-4-6-5-14-16(10(6)13)11-15-8-2-1-7(21(17,18)19)3-9(8)20-11/h1-3,5H,13H2,(H,17,18,19). The number of benzene rings is 1. The molecule has 10 heteroatoms. The van der Waals surface area contributed by atoms with Gasteiger partial charge in [-0.25, -0.2) is 4.98 Å². The highest BCUT2D eigenvalue weighted by Crippen LogP contribution is 2.28. The molecule has 0 bridgehead atoms. The van der Waals surface area contributed by atoms with Crippen molar-refractivity contribution in [2.24, 2.45) is 0 Å². The summed E-state index contributed by atoms with van der Waals surface area (Å²) in [5.41, 5.74) is 6.54. The van der Waals surface area contributed by atoms with Crippen LogP contribution in [0.3, 0.4) is 0 Å². The number of fused-ring (bicyclic) bond motifs is 1. The fourth-order valence-electron chi connectivity index (χ4n) is 1.74. The van der Waals surface area contributed by atoms with Gasteiger partial charge in [0.25, 0.3) is 10.1 Å². The third-order valence-corrected chi connectivity index (χ3v) is 4.60. The number of anilines is 1. The third kappa shape index (κ3) is 2.23. The van der Waals surface area contributed by atoms with Crippen LogP contribution in [0.4, 0.5) is 5.82 Å². The van der Waals surface area contributed by atoms with Crippen molar-refractivity contribution in [2.75, 3.05) is 5.73 Å². The number of nitrogens with two attached hydrogens (primary N) is 1. The zero-order valence-electron chi connectivity index (χ0n) is 10.3. The van der Waals surface area contributed by atoms with E-state index >= 15 is 0 Å². The molecule has 21 heavy (non-hydrogen) atoms. The van der Waals surface area contributed by atoms with Crippen LogP contribution in [-0.2, 0) is 10.1 Å². The molecule has 106 valence electrons. The number of hydrogen-bond donors (Lipinski definition) is 2.